The molecule has 11 rings (SSSR count). The molecule has 282 valence electrons. The lowest BCUT2D eigenvalue weighted by Crippen LogP contribution is -2.10. The first kappa shape index (κ1) is 35.2. The van der Waals surface area contributed by atoms with Crippen LogP contribution in [0.1, 0.15) is 0 Å². The molecule has 10 aromatic carbocycles. The van der Waals surface area contributed by atoms with Crippen LogP contribution >= 0.6 is 0 Å². The molecule has 0 unspecified atom stereocenters. The summed E-state index contributed by atoms with van der Waals surface area (Å²) in [6.07, 6.45) is 0. The summed E-state index contributed by atoms with van der Waals surface area (Å²) >= 11 is 0. The Kier molecular flexibility index (Phi) is 8.87. The van der Waals surface area contributed by atoms with Crippen molar-refractivity contribution in [3.63, 3.8) is 0 Å². The molecule has 0 fully saturated rings. The van der Waals surface area contributed by atoms with Gasteiger partial charge in [0.25, 0.3) is 0 Å². The normalized spacial score (nSPS) is 11.3. The topological polar surface area (TPSA) is 16.4 Å². The van der Waals surface area contributed by atoms with E-state index >= 15 is 0 Å². The van der Waals surface area contributed by atoms with Gasteiger partial charge in [0.2, 0.25) is 0 Å². The Morgan fingerprint density at radius 1 is 0.267 bits per heavy atom. The third kappa shape index (κ3) is 6.32. The molecular formula is C58H39NO. The van der Waals surface area contributed by atoms with Crippen LogP contribution in [0.3, 0.4) is 0 Å². The number of benzene rings is 10. The fraction of sp³-hybridized carbons (Fsp3) is 0. The van der Waals surface area contributed by atoms with Gasteiger partial charge in [-0.3, -0.25) is 0 Å². The first-order chi connectivity index (χ1) is 29.8. The number of furan rings is 1. The molecule has 11 aromatic rings. The van der Waals surface area contributed by atoms with Crippen LogP contribution in [0.5, 0.6) is 0 Å². The Balaban J connectivity index is 1.15. The predicted molar refractivity (Wildman–Crippen MR) is 253 cm³/mol. The molecule has 0 aliphatic rings. The number of hydrogen-bond acceptors (Lipinski definition) is 2. The molecule has 0 atom stereocenters. The number of nitrogens with zero attached hydrogens (tertiary/aromatic N) is 1. The highest BCUT2D eigenvalue weighted by Crippen LogP contribution is 2.48. The third-order valence-electron chi connectivity index (χ3n) is 11.7. The highest BCUT2D eigenvalue weighted by Gasteiger charge is 2.24. The molecule has 0 amide bonds. The molecule has 2 nitrogen and oxygen atoms in total. The number of anilines is 3. The van der Waals surface area contributed by atoms with Gasteiger partial charge in [0.05, 0.1) is 5.69 Å². The van der Waals surface area contributed by atoms with Gasteiger partial charge >= 0.3 is 0 Å². The van der Waals surface area contributed by atoms with Crippen LogP contribution in [-0.2, 0) is 0 Å². The lowest BCUT2D eigenvalue weighted by molar-refractivity contribution is 0.674. The lowest BCUT2D eigenvalue weighted by Gasteiger charge is -2.27. The van der Waals surface area contributed by atoms with E-state index in [1.165, 1.54) is 33.4 Å². The summed E-state index contributed by atoms with van der Waals surface area (Å²) in [5.41, 5.74) is 16.6. The maximum Gasteiger partial charge on any atom is 0.143 e. The van der Waals surface area contributed by atoms with Crippen LogP contribution in [0.4, 0.5) is 17.1 Å². The second-order valence-corrected chi connectivity index (χ2v) is 15.3. The van der Waals surface area contributed by atoms with Crippen molar-refractivity contribution in [1.29, 1.82) is 0 Å². The Morgan fingerprint density at radius 3 is 1.13 bits per heavy atom. The number of fused-ring (bicyclic) bond motifs is 5. The van der Waals surface area contributed by atoms with E-state index in [-0.39, 0.29) is 0 Å². The molecule has 0 saturated heterocycles. The van der Waals surface area contributed by atoms with Gasteiger partial charge in [-0.15, -0.1) is 0 Å². The van der Waals surface area contributed by atoms with Gasteiger partial charge < -0.3 is 9.32 Å². The Labute approximate surface area is 349 Å². The molecule has 0 aliphatic carbocycles. The standard InChI is InChI=1S/C58H39NO/c1-5-15-40(16-6-1)43-25-27-47(28-26-43)51-38-37-50(46-21-11-4-12-22-46)56-54-39-55(52-23-13-14-24-53(52)57(54)60-58(51)56)59(48-33-29-44(30-34-48)41-17-7-2-8-18-41)49-35-31-45(32-36-49)42-19-9-3-10-20-42/h1-39H. The molecule has 0 bridgehead atoms. The number of rotatable bonds is 8. The minimum absolute atomic E-state index is 0.882. The summed E-state index contributed by atoms with van der Waals surface area (Å²) in [6.45, 7) is 0. The highest BCUT2D eigenvalue weighted by atomic mass is 16.3. The average Bonchev–Trinajstić information content (AvgIpc) is 3.73. The average molecular weight is 766 g/mol. The van der Waals surface area contributed by atoms with Gasteiger partial charge in [0, 0.05) is 38.5 Å². The van der Waals surface area contributed by atoms with Crippen molar-refractivity contribution in [2.24, 2.45) is 0 Å². The quantitative estimate of drug-likeness (QED) is 0.153. The molecule has 1 aromatic heterocycles. The van der Waals surface area contributed by atoms with Gasteiger partial charge in [0.1, 0.15) is 11.2 Å². The molecule has 1 heterocycles. The zero-order valence-corrected chi connectivity index (χ0v) is 32.9. The molecule has 0 radical (unpaired) electrons. The van der Waals surface area contributed by atoms with Gasteiger partial charge in [-0.25, -0.2) is 0 Å². The fourth-order valence-electron chi connectivity index (χ4n) is 8.72. The minimum Gasteiger partial charge on any atom is -0.455 e. The number of hydrogen-bond donors (Lipinski definition) is 0. The summed E-state index contributed by atoms with van der Waals surface area (Å²) in [7, 11) is 0. The lowest BCUT2D eigenvalue weighted by atomic mass is 9.93. The maximum absolute atomic E-state index is 7.19. The van der Waals surface area contributed by atoms with Crippen LogP contribution in [0.15, 0.2) is 241 Å². The van der Waals surface area contributed by atoms with Gasteiger partial charge in [-0.2, -0.15) is 0 Å². The monoisotopic (exact) mass is 765 g/mol. The molecule has 0 saturated carbocycles. The second kappa shape index (κ2) is 15.1. The van der Waals surface area contributed by atoms with Crippen molar-refractivity contribution in [2.75, 3.05) is 4.90 Å². The van der Waals surface area contributed by atoms with Crippen molar-refractivity contribution in [3.05, 3.63) is 237 Å². The van der Waals surface area contributed by atoms with E-state index < -0.39 is 0 Å². The molecule has 2 heteroatoms. The third-order valence-corrected chi connectivity index (χ3v) is 11.7. The van der Waals surface area contributed by atoms with E-state index in [9.17, 15) is 0 Å². The highest BCUT2D eigenvalue weighted by molar-refractivity contribution is 6.24. The Bertz CT molecular complexity index is 3160. The van der Waals surface area contributed by atoms with Gasteiger partial charge in [0.15, 0.2) is 0 Å². The smallest absolute Gasteiger partial charge is 0.143 e. The van der Waals surface area contributed by atoms with Crippen LogP contribution in [0.25, 0.3) is 88.3 Å². The first-order valence-electron chi connectivity index (χ1n) is 20.5. The van der Waals surface area contributed by atoms with E-state index in [0.717, 1.165) is 72.0 Å². The summed E-state index contributed by atoms with van der Waals surface area (Å²) in [5, 5.41) is 4.36. The van der Waals surface area contributed by atoms with Gasteiger partial charge in [-0.05, 0) is 86.5 Å². The first-order valence-corrected chi connectivity index (χ1v) is 20.5. The SMILES string of the molecule is c1ccc(-c2ccc(-c3ccc(-c4ccccc4)c4c3oc3c5ccccc5c(N(c5ccc(-c6ccccc6)cc5)c5ccc(-c6ccccc6)cc5)cc34)cc2)cc1. The second-order valence-electron chi connectivity index (χ2n) is 15.3. The fourth-order valence-corrected chi connectivity index (χ4v) is 8.72. The van der Waals surface area contributed by atoms with E-state index in [1.807, 2.05) is 0 Å². The van der Waals surface area contributed by atoms with Crippen molar-refractivity contribution in [1.82, 2.24) is 0 Å². The molecular weight excluding hydrogens is 727 g/mol. The van der Waals surface area contributed by atoms with Crippen molar-refractivity contribution in [2.45, 2.75) is 0 Å². The van der Waals surface area contributed by atoms with Gasteiger partial charge in [-0.1, -0.05) is 200 Å². The van der Waals surface area contributed by atoms with E-state index in [1.54, 1.807) is 0 Å². The molecule has 60 heavy (non-hydrogen) atoms. The molecule has 0 spiro atoms. The summed E-state index contributed by atoms with van der Waals surface area (Å²) in [4.78, 5) is 2.40. The maximum atomic E-state index is 7.19. The van der Waals surface area contributed by atoms with E-state index in [2.05, 4.69) is 241 Å². The van der Waals surface area contributed by atoms with E-state index in [0.29, 0.717) is 0 Å². The Hall–Kier alpha value is -7.94. The summed E-state index contributed by atoms with van der Waals surface area (Å²) < 4.78 is 7.19. The zero-order chi connectivity index (χ0) is 39.8. The predicted octanol–water partition coefficient (Wildman–Crippen LogP) is 16.5. The van der Waals surface area contributed by atoms with Crippen LogP contribution in [0.2, 0.25) is 0 Å². The molecule has 0 N–H and O–H groups in total. The largest absolute Gasteiger partial charge is 0.455 e. The van der Waals surface area contributed by atoms with Crippen molar-refractivity contribution < 1.29 is 4.42 Å². The zero-order valence-electron chi connectivity index (χ0n) is 32.9. The van der Waals surface area contributed by atoms with Crippen LogP contribution in [-0.4, -0.2) is 0 Å². The molecule has 0 aliphatic heterocycles. The van der Waals surface area contributed by atoms with Crippen LogP contribution < -0.4 is 4.90 Å². The summed E-state index contributed by atoms with van der Waals surface area (Å²) in [6, 6.07) is 84.6. The van der Waals surface area contributed by atoms with Crippen LogP contribution in [0, 0.1) is 0 Å². The van der Waals surface area contributed by atoms with Crippen molar-refractivity contribution in [3.8, 4) is 55.6 Å². The summed E-state index contributed by atoms with van der Waals surface area (Å²) in [5.74, 6) is 0. The Morgan fingerprint density at radius 2 is 0.633 bits per heavy atom. The van der Waals surface area contributed by atoms with Crippen molar-refractivity contribution >= 4 is 49.8 Å². The van der Waals surface area contributed by atoms with E-state index in [4.69, 9.17) is 4.42 Å². The minimum atomic E-state index is 0.882.